The van der Waals surface area contributed by atoms with Crippen LogP contribution in [0, 0.1) is 0 Å². The first kappa shape index (κ1) is 15.0. The van der Waals surface area contributed by atoms with Crippen molar-refractivity contribution in [2.75, 3.05) is 5.32 Å². The fraction of sp³-hybridized carbons (Fsp3) is 0.167. The Labute approximate surface area is 134 Å². The summed E-state index contributed by atoms with van der Waals surface area (Å²) >= 11 is 0. The molecule has 5 nitrogen and oxygen atoms in total. The number of aromatic nitrogens is 2. The number of aryl methyl sites for hydroxylation is 1. The predicted octanol–water partition coefficient (Wildman–Crippen LogP) is 3.05. The highest BCUT2D eigenvalue weighted by Crippen LogP contribution is 2.24. The number of carbonyl (C=O) groups excluding carboxylic acids is 2. The summed E-state index contributed by atoms with van der Waals surface area (Å²) < 4.78 is 1.83. The van der Waals surface area contributed by atoms with Crippen LogP contribution in [0.1, 0.15) is 22.8 Å². The Balaban J connectivity index is 1.93. The van der Waals surface area contributed by atoms with Crippen molar-refractivity contribution < 1.29 is 9.59 Å². The Morgan fingerprint density at radius 2 is 2.13 bits per heavy atom. The maximum atomic E-state index is 12.3. The van der Waals surface area contributed by atoms with E-state index in [0.29, 0.717) is 11.4 Å². The van der Waals surface area contributed by atoms with Crippen molar-refractivity contribution in [1.82, 2.24) is 9.55 Å². The van der Waals surface area contributed by atoms with Crippen LogP contribution >= 0.6 is 0 Å². The van der Waals surface area contributed by atoms with Crippen LogP contribution in [0.3, 0.4) is 0 Å². The highest BCUT2D eigenvalue weighted by atomic mass is 16.2. The van der Waals surface area contributed by atoms with Crippen LogP contribution in [-0.4, -0.2) is 21.7 Å². The molecule has 2 aromatic heterocycles. The SMILES string of the molecule is CCc1cccc2c(C=O)cn(CC(=O)Nc3ccccn3)c12. The lowest BCUT2D eigenvalue weighted by molar-refractivity contribution is -0.116. The Bertz CT molecular complexity index is 853. The van der Waals surface area contributed by atoms with E-state index in [1.807, 2.05) is 28.8 Å². The number of nitrogens with zero attached hydrogens (tertiary/aromatic N) is 2. The molecular formula is C18H17N3O2. The first-order valence-electron chi connectivity index (χ1n) is 7.49. The second-order valence-corrected chi connectivity index (χ2v) is 5.26. The molecular weight excluding hydrogens is 290 g/mol. The second-order valence-electron chi connectivity index (χ2n) is 5.26. The minimum atomic E-state index is -0.177. The van der Waals surface area contributed by atoms with E-state index in [2.05, 4.69) is 17.2 Å². The van der Waals surface area contributed by atoms with Gasteiger partial charge < -0.3 is 9.88 Å². The zero-order chi connectivity index (χ0) is 16.2. The van der Waals surface area contributed by atoms with Crippen molar-refractivity contribution in [1.29, 1.82) is 0 Å². The predicted molar refractivity (Wildman–Crippen MR) is 89.6 cm³/mol. The number of hydrogen-bond donors (Lipinski definition) is 1. The van der Waals surface area contributed by atoms with Gasteiger partial charge in [0.2, 0.25) is 5.91 Å². The maximum absolute atomic E-state index is 12.3. The van der Waals surface area contributed by atoms with Gasteiger partial charge in [0.1, 0.15) is 12.4 Å². The molecule has 0 unspecified atom stereocenters. The highest BCUT2D eigenvalue weighted by molar-refractivity contribution is 6.00. The van der Waals surface area contributed by atoms with E-state index >= 15 is 0 Å². The van der Waals surface area contributed by atoms with Gasteiger partial charge in [-0.05, 0) is 24.1 Å². The van der Waals surface area contributed by atoms with Crippen LogP contribution < -0.4 is 5.32 Å². The van der Waals surface area contributed by atoms with E-state index in [1.54, 1.807) is 24.5 Å². The number of pyridine rings is 1. The van der Waals surface area contributed by atoms with Gasteiger partial charge in [-0.25, -0.2) is 4.98 Å². The lowest BCUT2D eigenvalue weighted by Gasteiger charge is -2.09. The Kier molecular flexibility index (Phi) is 4.19. The first-order valence-corrected chi connectivity index (χ1v) is 7.49. The number of rotatable bonds is 5. The van der Waals surface area contributed by atoms with Gasteiger partial charge in [-0.3, -0.25) is 9.59 Å². The van der Waals surface area contributed by atoms with Gasteiger partial charge in [0.05, 0.1) is 5.52 Å². The number of amides is 1. The second kappa shape index (κ2) is 6.44. The summed E-state index contributed by atoms with van der Waals surface area (Å²) in [5.41, 5.74) is 2.65. The third-order valence-electron chi connectivity index (χ3n) is 3.77. The van der Waals surface area contributed by atoms with E-state index in [-0.39, 0.29) is 12.5 Å². The molecule has 3 aromatic rings. The number of para-hydroxylation sites is 1. The summed E-state index contributed by atoms with van der Waals surface area (Å²) in [6.45, 7) is 2.19. The van der Waals surface area contributed by atoms with E-state index in [4.69, 9.17) is 0 Å². The fourth-order valence-electron chi connectivity index (χ4n) is 2.74. The van der Waals surface area contributed by atoms with Crippen molar-refractivity contribution in [2.45, 2.75) is 19.9 Å². The van der Waals surface area contributed by atoms with Crippen LogP contribution in [0.2, 0.25) is 0 Å². The summed E-state index contributed by atoms with van der Waals surface area (Å²) in [4.78, 5) is 27.6. The van der Waals surface area contributed by atoms with Gasteiger partial charge in [-0.15, -0.1) is 0 Å². The number of fused-ring (bicyclic) bond motifs is 1. The summed E-state index contributed by atoms with van der Waals surface area (Å²) in [6.07, 6.45) is 5.02. The number of nitrogens with one attached hydrogen (secondary N) is 1. The van der Waals surface area contributed by atoms with Crippen molar-refractivity contribution >= 4 is 28.9 Å². The summed E-state index contributed by atoms with van der Waals surface area (Å²) in [7, 11) is 0. The molecule has 2 heterocycles. The van der Waals surface area contributed by atoms with Gasteiger partial charge in [0, 0.05) is 23.3 Å². The minimum Gasteiger partial charge on any atom is -0.337 e. The molecule has 23 heavy (non-hydrogen) atoms. The van der Waals surface area contributed by atoms with Gasteiger partial charge in [0.15, 0.2) is 6.29 Å². The third kappa shape index (κ3) is 2.99. The average molecular weight is 307 g/mol. The maximum Gasteiger partial charge on any atom is 0.245 e. The molecule has 0 saturated carbocycles. The molecule has 0 aliphatic heterocycles. The molecule has 116 valence electrons. The molecule has 0 fully saturated rings. The minimum absolute atomic E-state index is 0.137. The number of hydrogen-bond acceptors (Lipinski definition) is 3. The zero-order valence-corrected chi connectivity index (χ0v) is 12.8. The summed E-state index contributed by atoms with van der Waals surface area (Å²) in [5, 5.41) is 3.64. The molecule has 1 aromatic carbocycles. The molecule has 3 rings (SSSR count). The van der Waals surface area contributed by atoms with Gasteiger partial charge in [-0.1, -0.05) is 31.2 Å². The first-order chi connectivity index (χ1) is 11.2. The number of anilines is 1. The number of aldehydes is 1. The van der Waals surface area contributed by atoms with Crippen molar-refractivity contribution in [3.63, 3.8) is 0 Å². The van der Waals surface area contributed by atoms with Crippen LogP contribution in [0.4, 0.5) is 5.82 Å². The smallest absolute Gasteiger partial charge is 0.245 e. The molecule has 0 atom stereocenters. The number of benzene rings is 1. The Morgan fingerprint density at radius 1 is 1.26 bits per heavy atom. The zero-order valence-electron chi connectivity index (χ0n) is 12.8. The molecule has 5 heteroatoms. The van der Waals surface area contributed by atoms with E-state index in [9.17, 15) is 9.59 Å². The largest absolute Gasteiger partial charge is 0.337 e. The Hall–Kier alpha value is -2.95. The lowest BCUT2D eigenvalue weighted by atomic mass is 10.1. The molecule has 0 aliphatic carbocycles. The lowest BCUT2D eigenvalue weighted by Crippen LogP contribution is -2.19. The van der Waals surface area contributed by atoms with Crippen molar-refractivity contribution in [3.8, 4) is 0 Å². The Morgan fingerprint density at radius 3 is 2.83 bits per heavy atom. The third-order valence-corrected chi connectivity index (χ3v) is 3.77. The monoisotopic (exact) mass is 307 g/mol. The normalized spacial score (nSPS) is 10.7. The summed E-state index contributed by atoms with van der Waals surface area (Å²) in [6, 6.07) is 11.2. The molecule has 1 N–H and O–H groups in total. The van der Waals surface area contributed by atoms with Crippen molar-refractivity contribution in [3.05, 3.63) is 59.9 Å². The average Bonchev–Trinajstić information content (AvgIpc) is 2.93. The molecule has 1 amide bonds. The molecule has 0 saturated heterocycles. The van der Waals surface area contributed by atoms with Gasteiger partial charge >= 0.3 is 0 Å². The molecule has 0 bridgehead atoms. The summed E-state index contributed by atoms with van der Waals surface area (Å²) in [5.74, 6) is 0.337. The highest BCUT2D eigenvalue weighted by Gasteiger charge is 2.13. The topological polar surface area (TPSA) is 64.0 Å². The molecule has 0 radical (unpaired) electrons. The molecule has 0 spiro atoms. The van der Waals surface area contributed by atoms with Crippen molar-refractivity contribution in [2.24, 2.45) is 0 Å². The van der Waals surface area contributed by atoms with Gasteiger partial charge in [0.25, 0.3) is 0 Å². The van der Waals surface area contributed by atoms with Crippen LogP contribution in [-0.2, 0) is 17.8 Å². The van der Waals surface area contributed by atoms with Gasteiger partial charge in [-0.2, -0.15) is 0 Å². The van der Waals surface area contributed by atoms with E-state index < -0.39 is 0 Å². The van der Waals surface area contributed by atoms with E-state index in [0.717, 1.165) is 29.2 Å². The van der Waals surface area contributed by atoms with Crippen LogP contribution in [0.25, 0.3) is 10.9 Å². The standard InChI is InChI=1S/C18H17N3O2/c1-2-13-6-5-7-15-14(12-22)10-21(18(13)15)11-17(23)20-16-8-3-4-9-19-16/h3-10,12H,2,11H2,1H3,(H,19,20,23). The van der Waals surface area contributed by atoms with Crippen LogP contribution in [0.5, 0.6) is 0 Å². The van der Waals surface area contributed by atoms with E-state index in [1.165, 1.54) is 0 Å². The quantitative estimate of drug-likeness (QED) is 0.737. The fourth-order valence-corrected chi connectivity index (χ4v) is 2.74. The van der Waals surface area contributed by atoms with Crippen LogP contribution in [0.15, 0.2) is 48.8 Å². The number of carbonyl (C=O) groups is 2. The molecule has 0 aliphatic rings.